The van der Waals surface area contributed by atoms with E-state index in [1.54, 1.807) is 10.6 Å². The number of halogens is 1. The molecule has 1 aliphatic heterocycles. The van der Waals surface area contributed by atoms with E-state index in [1.807, 2.05) is 0 Å². The highest BCUT2D eigenvalue weighted by Crippen LogP contribution is 2.36. The van der Waals surface area contributed by atoms with Crippen LogP contribution in [-0.2, 0) is 11.4 Å². The predicted molar refractivity (Wildman–Crippen MR) is 91.1 cm³/mol. The van der Waals surface area contributed by atoms with Gasteiger partial charge in [0.2, 0.25) is 5.88 Å². The van der Waals surface area contributed by atoms with Crippen molar-refractivity contribution in [2.24, 2.45) is 5.18 Å². The molecule has 3 N–H and O–H groups in total. The lowest BCUT2D eigenvalue weighted by molar-refractivity contribution is 0.0231. The van der Waals surface area contributed by atoms with E-state index in [-0.39, 0.29) is 16.7 Å². The van der Waals surface area contributed by atoms with E-state index in [0.29, 0.717) is 30.8 Å². The molecule has 0 unspecified atom stereocenters. The summed E-state index contributed by atoms with van der Waals surface area (Å²) in [5, 5.41) is 13.2. The fourth-order valence-corrected chi connectivity index (χ4v) is 2.71. The number of aromatic hydroxyl groups is 1. The zero-order valence-corrected chi connectivity index (χ0v) is 13.5. The second-order valence-electron chi connectivity index (χ2n) is 5.31. The van der Waals surface area contributed by atoms with Crippen molar-refractivity contribution in [1.82, 2.24) is 14.9 Å². The highest BCUT2D eigenvalue weighted by molar-refractivity contribution is 7.80. The van der Waals surface area contributed by atoms with Crippen LogP contribution >= 0.6 is 12.2 Å². The highest BCUT2D eigenvalue weighted by atomic mass is 32.1. The molecule has 0 aliphatic carbocycles. The number of nitrogens with zero attached hydrogens (tertiary/aromatic N) is 3. The van der Waals surface area contributed by atoms with E-state index in [1.165, 1.54) is 12.1 Å². The summed E-state index contributed by atoms with van der Waals surface area (Å²) >= 11 is 4.65. The Hall–Kier alpha value is -2.30. The Balaban J connectivity index is 1.96. The molecule has 10 heteroatoms. The SMILES string of the molecule is O=NC(=S)NNc1c(O)n(CN2CCOCC2)c2ccc(F)cc12. The van der Waals surface area contributed by atoms with Gasteiger partial charge in [-0.2, -0.15) is 0 Å². The van der Waals surface area contributed by atoms with Gasteiger partial charge >= 0.3 is 0 Å². The van der Waals surface area contributed by atoms with Crippen molar-refractivity contribution < 1.29 is 14.2 Å². The maximum atomic E-state index is 13.6. The fraction of sp³-hybridized carbons (Fsp3) is 0.357. The topological polar surface area (TPSA) is 91.1 Å². The first-order valence-electron chi connectivity index (χ1n) is 7.30. The van der Waals surface area contributed by atoms with Crippen LogP contribution in [0.5, 0.6) is 5.88 Å². The van der Waals surface area contributed by atoms with Gasteiger partial charge in [-0.25, -0.2) is 4.39 Å². The minimum atomic E-state index is -0.440. The lowest BCUT2D eigenvalue weighted by atomic mass is 10.2. The second-order valence-corrected chi connectivity index (χ2v) is 5.69. The summed E-state index contributed by atoms with van der Waals surface area (Å²) in [6.45, 7) is 3.15. The third-order valence-corrected chi connectivity index (χ3v) is 4.00. The number of anilines is 1. The Morgan fingerprint density at radius 3 is 2.88 bits per heavy atom. The van der Waals surface area contributed by atoms with Gasteiger partial charge in [0.25, 0.3) is 5.11 Å². The molecule has 1 aliphatic rings. The lowest BCUT2D eigenvalue weighted by Gasteiger charge is -2.27. The first-order chi connectivity index (χ1) is 11.6. The summed E-state index contributed by atoms with van der Waals surface area (Å²) in [6, 6.07) is 4.21. The maximum absolute atomic E-state index is 13.6. The van der Waals surface area contributed by atoms with Gasteiger partial charge in [-0.3, -0.25) is 20.3 Å². The number of aromatic nitrogens is 1. The Kier molecular flexibility index (Phi) is 4.88. The molecule has 8 nitrogen and oxygen atoms in total. The number of nitroso groups, excluding NO2 is 1. The molecule has 24 heavy (non-hydrogen) atoms. The molecule has 128 valence electrons. The van der Waals surface area contributed by atoms with Crippen molar-refractivity contribution in [2.45, 2.75) is 6.67 Å². The van der Waals surface area contributed by atoms with Crippen molar-refractivity contribution in [2.75, 3.05) is 31.7 Å². The maximum Gasteiger partial charge on any atom is 0.254 e. The molecule has 0 bridgehead atoms. The van der Waals surface area contributed by atoms with Crippen molar-refractivity contribution in [3.8, 4) is 5.88 Å². The summed E-state index contributed by atoms with van der Waals surface area (Å²) in [6.07, 6.45) is 0. The van der Waals surface area contributed by atoms with Gasteiger partial charge in [0.1, 0.15) is 11.5 Å². The van der Waals surface area contributed by atoms with Gasteiger partial charge in [-0.1, -0.05) is 0 Å². The molecule has 2 aromatic rings. The molecule has 1 saturated heterocycles. The van der Waals surface area contributed by atoms with Crippen LogP contribution in [0.25, 0.3) is 10.9 Å². The van der Waals surface area contributed by atoms with Crippen LogP contribution in [0, 0.1) is 10.7 Å². The lowest BCUT2D eigenvalue weighted by Crippen LogP contribution is -2.37. The van der Waals surface area contributed by atoms with Gasteiger partial charge in [0.05, 0.1) is 25.4 Å². The Bertz CT molecular complexity index is 775. The molecule has 0 spiro atoms. The Morgan fingerprint density at radius 1 is 1.42 bits per heavy atom. The summed E-state index contributed by atoms with van der Waals surface area (Å²) in [5.41, 5.74) is 5.89. The number of ether oxygens (including phenoxy) is 1. The minimum absolute atomic E-state index is 0.0942. The van der Waals surface area contributed by atoms with E-state index in [2.05, 4.69) is 33.1 Å². The molecular weight excluding hydrogens is 337 g/mol. The van der Waals surface area contributed by atoms with Gasteiger partial charge in [0.15, 0.2) is 0 Å². The number of morpholine rings is 1. The number of hydrazine groups is 1. The molecule has 3 rings (SSSR count). The van der Waals surface area contributed by atoms with Gasteiger partial charge in [-0.15, -0.1) is 4.91 Å². The minimum Gasteiger partial charge on any atom is -0.493 e. The second kappa shape index (κ2) is 7.07. The van der Waals surface area contributed by atoms with Crippen molar-refractivity contribution in [3.05, 3.63) is 28.9 Å². The number of nitrogens with one attached hydrogen (secondary N) is 2. The van der Waals surface area contributed by atoms with E-state index in [0.717, 1.165) is 13.1 Å². The van der Waals surface area contributed by atoms with E-state index in [4.69, 9.17) is 4.74 Å². The molecule has 0 radical (unpaired) electrons. The average Bonchev–Trinajstić information content (AvgIpc) is 2.85. The van der Waals surface area contributed by atoms with Crippen LogP contribution in [0.15, 0.2) is 23.4 Å². The van der Waals surface area contributed by atoms with E-state index in [9.17, 15) is 14.4 Å². The average molecular weight is 353 g/mol. The van der Waals surface area contributed by atoms with Crippen LogP contribution in [0.1, 0.15) is 0 Å². The largest absolute Gasteiger partial charge is 0.493 e. The molecule has 1 aromatic carbocycles. The summed E-state index contributed by atoms with van der Waals surface area (Å²) < 4.78 is 20.6. The molecule has 1 fully saturated rings. The first-order valence-corrected chi connectivity index (χ1v) is 7.71. The Morgan fingerprint density at radius 2 is 2.17 bits per heavy atom. The normalized spacial score (nSPS) is 15.4. The van der Waals surface area contributed by atoms with Crippen LogP contribution in [0.3, 0.4) is 0 Å². The third kappa shape index (κ3) is 3.30. The molecular formula is C14H16FN5O3S. The third-order valence-electron chi connectivity index (χ3n) is 3.82. The van der Waals surface area contributed by atoms with E-state index < -0.39 is 5.82 Å². The predicted octanol–water partition coefficient (Wildman–Crippen LogP) is 1.74. The molecule has 0 saturated carbocycles. The number of thiocarbonyl (C=S) groups is 1. The van der Waals surface area contributed by atoms with Gasteiger partial charge in [0, 0.05) is 23.7 Å². The zero-order valence-electron chi connectivity index (χ0n) is 12.7. The standard InChI is InChI=1S/C14H16FN5O3S/c15-9-1-2-11-10(7-9)12(16-17-14(24)18-22)13(21)20(11)8-19-3-5-23-6-4-19/h1-2,7,16,21H,3-6,8H2,(H,17,24). The summed E-state index contributed by atoms with van der Waals surface area (Å²) in [7, 11) is 0. The smallest absolute Gasteiger partial charge is 0.254 e. The Labute approximate surface area is 142 Å². The number of hydrogen-bond donors (Lipinski definition) is 3. The van der Waals surface area contributed by atoms with Crippen LogP contribution < -0.4 is 10.9 Å². The molecule has 0 amide bonds. The monoisotopic (exact) mass is 353 g/mol. The number of rotatable bonds is 4. The van der Waals surface area contributed by atoms with Gasteiger partial charge < -0.3 is 9.84 Å². The molecule has 2 heterocycles. The molecule has 1 aromatic heterocycles. The zero-order chi connectivity index (χ0) is 17.1. The van der Waals surface area contributed by atoms with Crippen LogP contribution in [-0.4, -0.2) is 46.0 Å². The number of fused-ring (bicyclic) bond motifs is 1. The summed E-state index contributed by atoms with van der Waals surface area (Å²) in [4.78, 5) is 12.5. The van der Waals surface area contributed by atoms with E-state index >= 15 is 0 Å². The summed E-state index contributed by atoms with van der Waals surface area (Å²) in [5.74, 6) is -0.534. The van der Waals surface area contributed by atoms with Crippen LogP contribution in [0.2, 0.25) is 0 Å². The van der Waals surface area contributed by atoms with Crippen molar-refractivity contribution in [1.29, 1.82) is 0 Å². The van der Waals surface area contributed by atoms with Gasteiger partial charge in [-0.05, 0) is 30.4 Å². The highest BCUT2D eigenvalue weighted by Gasteiger charge is 2.20. The van der Waals surface area contributed by atoms with Crippen molar-refractivity contribution in [3.63, 3.8) is 0 Å². The number of benzene rings is 1. The first kappa shape index (κ1) is 16.6. The molecule has 0 atom stereocenters. The number of hydrogen-bond acceptors (Lipinski definition) is 6. The van der Waals surface area contributed by atoms with Crippen molar-refractivity contribution >= 4 is 33.9 Å². The quantitative estimate of drug-likeness (QED) is 0.438. The van der Waals surface area contributed by atoms with Crippen LogP contribution in [0.4, 0.5) is 10.1 Å². The fourth-order valence-electron chi connectivity index (χ4n) is 2.66.